The molecule has 2 heteroatoms. The monoisotopic (exact) mass is 303 g/mol. The smallest absolute Gasteiger partial charge is 0.0107 e. The quantitative estimate of drug-likeness (QED) is 0.833. The van der Waals surface area contributed by atoms with Gasteiger partial charge in [0.05, 0.1) is 0 Å². The van der Waals surface area contributed by atoms with Gasteiger partial charge in [0.15, 0.2) is 0 Å². The van der Waals surface area contributed by atoms with Gasteiger partial charge in [-0.1, -0.05) is 31.0 Å². The number of fused-ring (bicyclic) bond motifs is 1. The van der Waals surface area contributed by atoms with Crippen molar-refractivity contribution in [1.82, 2.24) is 5.32 Å². The molecule has 1 aliphatic heterocycles. The molecule has 1 aliphatic carbocycles. The molecule has 1 aromatic rings. The van der Waals surface area contributed by atoms with Crippen molar-refractivity contribution in [3.05, 3.63) is 29.8 Å². The van der Waals surface area contributed by atoms with Crippen molar-refractivity contribution in [3.63, 3.8) is 0 Å². The van der Waals surface area contributed by atoms with E-state index in [1.165, 1.54) is 42.9 Å². The largest absolute Gasteiger partial charge is 0.312 e. The van der Waals surface area contributed by atoms with Gasteiger partial charge < -0.3 is 5.32 Å². The van der Waals surface area contributed by atoms with Gasteiger partial charge in [0.25, 0.3) is 0 Å². The number of hydrogen-bond acceptors (Lipinski definition) is 2. The lowest BCUT2D eigenvalue weighted by atomic mass is 9.84. The van der Waals surface area contributed by atoms with Crippen LogP contribution in [0.5, 0.6) is 0 Å². The summed E-state index contributed by atoms with van der Waals surface area (Å²) in [5, 5.41) is 3.73. The molecule has 3 atom stereocenters. The third kappa shape index (κ3) is 3.84. The third-order valence-electron chi connectivity index (χ3n) is 5.10. The molecule has 1 aromatic carbocycles. The molecule has 1 fully saturated rings. The highest BCUT2D eigenvalue weighted by Gasteiger charge is 2.32. The summed E-state index contributed by atoms with van der Waals surface area (Å²) in [7, 11) is 0. The summed E-state index contributed by atoms with van der Waals surface area (Å²) in [5.41, 5.74) is 1.88. The second kappa shape index (κ2) is 6.34. The maximum Gasteiger partial charge on any atom is 0.0107 e. The van der Waals surface area contributed by atoms with Crippen LogP contribution in [0.1, 0.15) is 57.9 Å². The summed E-state index contributed by atoms with van der Waals surface area (Å²) in [6, 6.07) is 9.05. The van der Waals surface area contributed by atoms with E-state index in [1.807, 2.05) is 0 Å². The van der Waals surface area contributed by atoms with Crippen molar-refractivity contribution < 1.29 is 0 Å². The number of nitrogens with one attached hydrogen (secondary N) is 1. The van der Waals surface area contributed by atoms with Gasteiger partial charge in [-0.2, -0.15) is 0 Å². The average molecular weight is 304 g/mol. The molecule has 1 N–H and O–H groups in total. The fourth-order valence-corrected chi connectivity index (χ4v) is 5.19. The van der Waals surface area contributed by atoms with E-state index in [1.54, 1.807) is 5.56 Å². The molecule has 3 rings (SSSR count). The van der Waals surface area contributed by atoms with Gasteiger partial charge in [0.1, 0.15) is 0 Å². The summed E-state index contributed by atoms with van der Waals surface area (Å²) in [5.74, 6) is 3.92. The Bertz CT molecular complexity index is 477. The van der Waals surface area contributed by atoms with Crippen LogP contribution < -0.4 is 5.32 Å². The summed E-state index contributed by atoms with van der Waals surface area (Å²) in [6.07, 6.45) is 5.71. The maximum atomic E-state index is 3.73. The van der Waals surface area contributed by atoms with Gasteiger partial charge in [-0.25, -0.2) is 0 Å². The van der Waals surface area contributed by atoms with E-state index in [-0.39, 0.29) is 5.54 Å². The van der Waals surface area contributed by atoms with Gasteiger partial charge in [0, 0.05) is 16.2 Å². The Morgan fingerprint density at radius 2 is 1.90 bits per heavy atom. The SMILES string of the molecule is CC(C)(C)NCC1CCCC1CC1CSc2ccccc21. The van der Waals surface area contributed by atoms with Crippen LogP contribution in [0.2, 0.25) is 0 Å². The van der Waals surface area contributed by atoms with Gasteiger partial charge in [0.2, 0.25) is 0 Å². The van der Waals surface area contributed by atoms with Crippen molar-refractivity contribution >= 4 is 11.8 Å². The zero-order valence-corrected chi connectivity index (χ0v) is 14.5. The molecule has 0 aromatic heterocycles. The second-order valence-electron chi connectivity index (χ2n) is 7.86. The Hall–Kier alpha value is -0.470. The molecule has 0 radical (unpaired) electrons. The number of hydrogen-bond donors (Lipinski definition) is 1. The van der Waals surface area contributed by atoms with Gasteiger partial charge >= 0.3 is 0 Å². The molecule has 2 aliphatic rings. The fourth-order valence-electron chi connectivity index (χ4n) is 3.92. The lowest BCUT2D eigenvalue weighted by Gasteiger charge is -2.28. The minimum Gasteiger partial charge on any atom is -0.312 e. The molecule has 116 valence electrons. The van der Waals surface area contributed by atoms with E-state index in [0.29, 0.717) is 0 Å². The average Bonchev–Trinajstić information content (AvgIpc) is 3.04. The second-order valence-corrected chi connectivity index (χ2v) is 8.93. The Morgan fingerprint density at radius 3 is 2.71 bits per heavy atom. The third-order valence-corrected chi connectivity index (χ3v) is 6.35. The molecule has 0 bridgehead atoms. The normalized spacial score (nSPS) is 28.8. The van der Waals surface area contributed by atoms with Crippen molar-refractivity contribution in [2.24, 2.45) is 11.8 Å². The van der Waals surface area contributed by atoms with Crippen molar-refractivity contribution in [2.45, 2.75) is 62.8 Å². The molecular formula is C19H29NS. The molecular weight excluding hydrogens is 274 g/mol. The van der Waals surface area contributed by atoms with E-state index in [0.717, 1.165) is 17.8 Å². The lowest BCUT2D eigenvalue weighted by molar-refractivity contribution is 0.298. The summed E-state index contributed by atoms with van der Waals surface area (Å²) in [4.78, 5) is 1.53. The summed E-state index contributed by atoms with van der Waals surface area (Å²) < 4.78 is 0. The molecule has 3 unspecified atom stereocenters. The van der Waals surface area contributed by atoms with Crippen molar-refractivity contribution in [1.29, 1.82) is 0 Å². The molecule has 0 spiro atoms. The molecule has 21 heavy (non-hydrogen) atoms. The van der Waals surface area contributed by atoms with E-state index >= 15 is 0 Å². The first-order chi connectivity index (χ1) is 10.0. The Kier molecular flexibility index (Phi) is 4.66. The van der Waals surface area contributed by atoms with Crippen LogP contribution in [-0.2, 0) is 0 Å². The Morgan fingerprint density at radius 1 is 1.14 bits per heavy atom. The highest BCUT2D eigenvalue weighted by Crippen LogP contribution is 2.46. The Balaban J connectivity index is 1.60. The molecule has 1 nitrogen and oxygen atoms in total. The first-order valence-corrected chi connectivity index (χ1v) is 9.48. The highest BCUT2D eigenvalue weighted by molar-refractivity contribution is 7.99. The van der Waals surface area contributed by atoms with Crippen LogP contribution in [0, 0.1) is 11.8 Å². The number of thioether (sulfide) groups is 1. The molecule has 0 amide bonds. The lowest BCUT2D eigenvalue weighted by Crippen LogP contribution is -2.40. The topological polar surface area (TPSA) is 12.0 Å². The van der Waals surface area contributed by atoms with Crippen LogP contribution in [0.3, 0.4) is 0 Å². The molecule has 1 heterocycles. The van der Waals surface area contributed by atoms with Crippen molar-refractivity contribution in [3.8, 4) is 0 Å². The number of benzene rings is 1. The van der Waals surface area contributed by atoms with Crippen LogP contribution in [-0.4, -0.2) is 17.8 Å². The zero-order valence-electron chi connectivity index (χ0n) is 13.7. The van der Waals surface area contributed by atoms with Gasteiger partial charge in [-0.3, -0.25) is 0 Å². The van der Waals surface area contributed by atoms with E-state index in [2.05, 4.69) is 62.1 Å². The van der Waals surface area contributed by atoms with Crippen LogP contribution in [0.15, 0.2) is 29.2 Å². The zero-order chi connectivity index (χ0) is 14.9. The minimum absolute atomic E-state index is 0.253. The predicted octanol–water partition coefficient (Wildman–Crippen LogP) is 5.07. The standard InChI is InChI=1S/C19H29NS/c1-19(2,3)20-12-15-8-6-7-14(15)11-16-13-21-18-10-5-4-9-17(16)18/h4-5,9-10,14-16,20H,6-8,11-13H2,1-3H3. The minimum atomic E-state index is 0.253. The first-order valence-electron chi connectivity index (χ1n) is 8.50. The van der Waals surface area contributed by atoms with Crippen LogP contribution in [0.4, 0.5) is 0 Å². The Labute approximate surface area is 134 Å². The van der Waals surface area contributed by atoms with E-state index < -0.39 is 0 Å². The predicted molar refractivity (Wildman–Crippen MR) is 93.1 cm³/mol. The molecule has 0 saturated heterocycles. The van der Waals surface area contributed by atoms with E-state index in [4.69, 9.17) is 0 Å². The van der Waals surface area contributed by atoms with E-state index in [9.17, 15) is 0 Å². The van der Waals surface area contributed by atoms with Crippen molar-refractivity contribution in [2.75, 3.05) is 12.3 Å². The van der Waals surface area contributed by atoms with Gasteiger partial charge in [-0.05, 0) is 69.5 Å². The number of rotatable bonds is 4. The van der Waals surface area contributed by atoms with Crippen LogP contribution in [0.25, 0.3) is 0 Å². The fraction of sp³-hybridized carbons (Fsp3) is 0.684. The molecule has 1 saturated carbocycles. The first kappa shape index (κ1) is 15.4. The highest BCUT2D eigenvalue weighted by atomic mass is 32.2. The van der Waals surface area contributed by atoms with Gasteiger partial charge in [-0.15, -0.1) is 11.8 Å². The summed E-state index contributed by atoms with van der Waals surface area (Å²) >= 11 is 2.06. The van der Waals surface area contributed by atoms with Crippen LogP contribution >= 0.6 is 11.8 Å². The maximum absolute atomic E-state index is 3.73. The summed E-state index contributed by atoms with van der Waals surface area (Å²) in [6.45, 7) is 8.04.